The molecule has 0 aliphatic carbocycles. The maximum Gasteiger partial charge on any atom is 0.270 e. The van der Waals surface area contributed by atoms with Crippen molar-refractivity contribution in [2.24, 2.45) is 0 Å². The number of hydrogen-bond donors (Lipinski definition) is 0. The molecule has 0 atom stereocenters. The van der Waals surface area contributed by atoms with Gasteiger partial charge in [0.05, 0.1) is 4.92 Å². The molecule has 1 amide bonds. The summed E-state index contributed by atoms with van der Waals surface area (Å²) in [5.41, 5.74) is -0.115. The Kier molecular flexibility index (Phi) is 5.38. The van der Waals surface area contributed by atoms with E-state index in [1.807, 2.05) is 0 Å². The first-order valence-corrected chi connectivity index (χ1v) is 9.63. The van der Waals surface area contributed by atoms with E-state index < -0.39 is 37.4 Å². The number of piperazine rings is 1. The number of benzene rings is 2. The predicted molar refractivity (Wildman–Crippen MR) is 94.1 cm³/mol. The van der Waals surface area contributed by atoms with Crippen molar-refractivity contribution in [3.63, 3.8) is 0 Å². The van der Waals surface area contributed by atoms with Crippen molar-refractivity contribution in [1.29, 1.82) is 0 Å². The first kappa shape index (κ1) is 19.8. The molecule has 0 saturated carbocycles. The van der Waals surface area contributed by atoms with Crippen LogP contribution in [0.1, 0.15) is 10.4 Å². The van der Waals surface area contributed by atoms with Gasteiger partial charge < -0.3 is 4.90 Å². The first-order valence-electron chi connectivity index (χ1n) is 8.19. The van der Waals surface area contributed by atoms with E-state index in [1.165, 1.54) is 23.1 Å². The van der Waals surface area contributed by atoms with Gasteiger partial charge in [0.15, 0.2) is 0 Å². The zero-order valence-electron chi connectivity index (χ0n) is 14.4. The molecule has 1 aliphatic heterocycles. The molecule has 1 heterocycles. The normalized spacial score (nSPS) is 15.4. The van der Waals surface area contributed by atoms with Crippen LogP contribution in [-0.4, -0.2) is 54.6 Å². The summed E-state index contributed by atoms with van der Waals surface area (Å²) in [5, 5.41) is 10.8. The Bertz CT molecular complexity index is 1040. The lowest BCUT2D eigenvalue weighted by Crippen LogP contribution is -2.50. The molecule has 2 aromatic carbocycles. The Balaban J connectivity index is 1.73. The molecule has 0 unspecified atom stereocenters. The number of carbonyl (C=O) groups excluding carboxylic acids is 1. The zero-order valence-corrected chi connectivity index (χ0v) is 15.2. The van der Waals surface area contributed by atoms with Gasteiger partial charge in [-0.25, -0.2) is 17.2 Å². The smallest absolute Gasteiger partial charge is 0.270 e. The van der Waals surface area contributed by atoms with Gasteiger partial charge in [0.1, 0.15) is 16.5 Å². The van der Waals surface area contributed by atoms with Gasteiger partial charge in [-0.2, -0.15) is 4.31 Å². The fraction of sp³-hybridized carbons (Fsp3) is 0.235. The van der Waals surface area contributed by atoms with Gasteiger partial charge in [-0.3, -0.25) is 14.9 Å². The van der Waals surface area contributed by atoms with E-state index in [4.69, 9.17) is 0 Å². The third-order valence-corrected chi connectivity index (χ3v) is 6.25. The van der Waals surface area contributed by atoms with Crippen LogP contribution >= 0.6 is 0 Å². The van der Waals surface area contributed by atoms with E-state index in [0.29, 0.717) is 6.07 Å². The lowest BCUT2D eigenvalue weighted by Gasteiger charge is -2.34. The average molecular weight is 411 g/mol. The molecule has 11 heteroatoms. The van der Waals surface area contributed by atoms with Crippen molar-refractivity contribution in [3.05, 3.63) is 69.8 Å². The highest BCUT2D eigenvalue weighted by Crippen LogP contribution is 2.22. The van der Waals surface area contributed by atoms with Crippen molar-refractivity contribution < 1.29 is 26.9 Å². The molecule has 0 bridgehead atoms. The molecule has 2 aromatic rings. The maximum absolute atomic E-state index is 13.9. The molecule has 0 spiro atoms. The molecule has 0 N–H and O–H groups in total. The van der Waals surface area contributed by atoms with Gasteiger partial charge in [-0.05, 0) is 24.3 Å². The van der Waals surface area contributed by atoms with Crippen molar-refractivity contribution in [1.82, 2.24) is 9.21 Å². The second-order valence-electron chi connectivity index (χ2n) is 6.08. The first-order chi connectivity index (χ1) is 13.2. The Labute approximate surface area is 159 Å². The van der Waals surface area contributed by atoms with Crippen LogP contribution in [0, 0.1) is 21.7 Å². The highest BCUT2D eigenvalue weighted by atomic mass is 32.2. The van der Waals surface area contributed by atoms with Crippen LogP contribution in [0.4, 0.5) is 14.5 Å². The quantitative estimate of drug-likeness (QED) is 0.566. The Hall–Kier alpha value is -2.92. The van der Waals surface area contributed by atoms with Crippen molar-refractivity contribution in [2.75, 3.05) is 26.2 Å². The highest BCUT2D eigenvalue weighted by molar-refractivity contribution is 7.89. The minimum atomic E-state index is -4.26. The van der Waals surface area contributed by atoms with Gasteiger partial charge >= 0.3 is 0 Å². The van der Waals surface area contributed by atoms with E-state index in [-0.39, 0.29) is 37.4 Å². The number of amides is 1. The molecule has 28 heavy (non-hydrogen) atoms. The molecule has 1 aliphatic rings. The van der Waals surface area contributed by atoms with E-state index in [0.717, 1.165) is 22.5 Å². The molecular weight excluding hydrogens is 396 g/mol. The largest absolute Gasteiger partial charge is 0.336 e. The minimum absolute atomic E-state index is 0.0116. The minimum Gasteiger partial charge on any atom is -0.336 e. The highest BCUT2D eigenvalue weighted by Gasteiger charge is 2.32. The summed E-state index contributed by atoms with van der Waals surface area (Å²) in [7, 11) is -4.26. The van der Waals surface area contributed by atoms with Gasteiger partial charge in [0.2, 0.25) is 10.0 Å². The number of sulfonamides is 1. The van der Waals surface area contributed by atoms with Crippen molar-refractivity contribution >= 4 is 21.6 Å². The van der Waals surface area contributed by atoms with E-state index in [2.05, 4.69) is 0 Å². The van der Waals surface area contributed by atoms with E-state index in [9.17, 15) is 32.1 Å². The summed E-state index contributed by atoms with van der Waals surface area (Å²) < 4.78 is 53.3. The number of carbonyl (C=O) groups is 1. The van der Waals surface area contributed by atoms with Gasteiger partial charge in [-0.15, -0.1) is 0 Å². The van der Waals surface area contributed by atoms with E-state index in [1.54, 1.807) is 0 Å². The summed E-state index contributed by atoms with van der Waals surface area (Å²) in [6.07, 6.45) is 0. The average Bonchev–Trinajstić information content (AvgIpc) is 2.69. The molecule has 0 radical (unpaired) electrons. The Morgan fingerprint density at radius 2 is 1.71 bits per heavy atom. The number of hydrogen-bond acceptors (Lipinski definition) is 5. The summed E-state index contributed by atoms with van der Waals surface area (Å²) in [6, 6.07) is 7.40. The van der Waals surface area contributed by atoms with Gasteiger partial charge in [-0.1, -0.05) is 6.07 Å². The molecule has 0 aromatic heterocycles. The zero-order chi connectivity index (χ0) is 20.5. The van der Waals surface area contributed by atoms with Crippen molar-refractivity contribution in [3.8, 4) is 0 Å². The molecule has 1 saturated heterocycles. The fourth-order valence-corrected chi connectivity index (χ4v) is 4.38. The summed E-state index contributed by atoms with van der Waals surface area (Å²) in [6.45, 7) is -0.201. The van der Waals surface area contributed by atoms with Crippen LogP contribution < -0.4 is 0 Å². The fourth-order valence-electron chi connectivity index (χ4n) is 2.88. The third-order valence-electron chi connectivity index (χ3n) is 4.34. The summed E-state index contributed by atoms with van der Waals surface area (Å²) >= 11 is 0. The Morgan fingerprint density at radius 3 is 2.36 bits per heavy atom. The van der Waals surface area contributed by atoms with E-state index >= 15 is 0 Å². The van der Waals surface area contributed by atoms with Crippen LogP contribution in [0.3, 0.4) is 0 Å². The second-order valence-corrected chi connectivity index (χ2v) is 7.98. The van der Waals surface area contributed by atoms with Gasteiger partial charge in [0.25, 0.3) is 11.6 Å². The van der Waals surface area contributed by atoms with Crippen LogP contribution in [0.15, 0.2) is 47.4 Å². The second kappa shape index (κ2) is 7.60. The standard InChI is InChI=1S/C17H15F2N3O5S/c18-13-4-5-15(19)16(11-13)28(26,27)21-8-6-20(7-9-21)17(23)12-2-1-3-14(10-12)22(24)25/h1-5,10-11H,6-9H2. The topological polar surface area (TPSA) is 101 Å². The summed E-state index contributed by atoms with van der Waals surface area (Å²) in [5.74, 6) is -2.41. The number of nitro groups is 1. The van der Waals surface area contributed by atoms with Crippen LogP contribution in [0.25, 0.3) is 0 Å². The lowest BCUT2D eigenvalue weighted by atomic mass is 10.1. The van der Waals surface area contributed by atoms with Crippen LogP contribution in [0.2, 0.25) is 0 Å². The molecule has 1 fully saturated rings. The maximum atomic E-state index is 13.9. The Morgan fingerprint density at radius 1 is 1.04 bits per heavy atom. The summed E-state index contributed by atoms with van der Waals surface area (Å²) in [4.78, 5) is 23.3. The molecule has 148 valence electrons. The molecule has 8 nitrogen and oxygen atoms in total. The molecule has 3 rings (SSSR count). The molecular formula is C17H15F2N3O5S. The van der Waals surface area contributed by atoms with Crippen LogP contribution in [-0.2, 0) is 10.0 Å². The predicted octanol–water partition coefficient (Wildman–Crippen LogP) is 2.02. The number of rotatable bonds is 4. The number of nitrogens with zero attached hydrogens (tertiary/aromatic N) is 3. The number of halogens is 2. The lowest BCUT2D eigenvalue weighted by molar-refractivity contribution is -0.384. The third kappa shape index (κ3) is 3.85. The van der Waals surface area contributed by atoms with Gasteiger partial charge in [0, 0.05) is 43.9 Å². The number of nitro benzene ring substituents is 1. The monoisotopic (exact) mass is 411 g/mol. The number of non-ortho nitro benzene ring substituents is 1. The SMILES string of the molecule is O=C(c1cccc([N+](=O)[O-])c1)N1CCN(S(=O)(=O)c2cc(F)ccc2F)CC1. The van der Waals surface area contributed by atoms with Crippen molar-refractivity contribution in [2.45, 2.75) is 4.90 Å². The van der Waals surface area contributed by atoms with Crippen LogP contribution in [0.5, 0.6) is 0 Å².